The summed E-state index contributed by atoms with van der Waals surface area (Å²) in [5.41, 5.74) is 1.15. The van der Waals surface area contributed by atoms with Gasteiger partial charge in [0.05, 0.1) is 13.7 Å². The first kappa shape index (κ1) is 22.3. The van der Waals surface area contributed by atoms with E-state index in [9.17, 15) is 19.5 Å². The summed E-state index contributed by atoms with van der Waals surface area (Å²) in [5, 5.41) is 12.3. The Balaban J connectivity index is 1.72. The van der Waals surface area contributed by atoms with Gasteiger partial charge in [0.25, 0.3) is 5.91 Å². The molecule has 1 amide bonds. The van der Waals surface area contributed by atoms with Crippen LogP contribution >= 0.6 is 0 Å². The average molecular weight is 425 g/mol. The highest BCUT2D eigenvalue weighted by Gasteiger charge is 2.43. The third-order valence-corrected chi connectivity index (χ3v) is 5.58. The summed E-state index contributed by atoms with van der Waals surface area (Å²) < 4.78 is 11.2. The number of hydrogen-bond donors (Lipinski definition) is 2. The van der Waals surface area contributed by atoms with Crippen LogP contribution in [0.4, 0.5) is 0 Å². The van der Waals surface area contributed by atoms with Crippen molar-refractivity contribution >= 4 is 17.7 Å². The van der Waals surface area contributed by atoms with Crippen LogP contribution < -0.4 is 14.8 Å². The van der Waals surface area contributed by atoms with Crippen molar-refractivity contribution in [1.82, 2.24) is 5.32 Å². The van der Waals surface area contributed by atoms with E-state index in [1.54, 1.807) is 18.2 Å². The van der Waals surface area contributed by atoms with Gasteiger partial charge >= 0.3 is 5.97 Å². The van der Waals surface area contributed by atoms with E-state index >= 15 is 0 Å². The Morgan fingerprint density at radius 2 is 1.84 bits per heavy atom. The van der Waals surface area contributed by atoms with Crippen LogP contribution in [0.1, 0.15) is 47.2 Å². The van der Waals surface area contributed by atoms with Gasteiger partial charge < -0.3 is 19.9 Å². The molecule has 2 aromatic carbocycles. The lowest BCUT2D eigenvalue weighted by molar-refractivity contribution is -0.146. The quantitative estimate of drug-likeness (QED) is 0.673. The number of Topliss-reactive ketones (excluding diaryl/α,β-unsaturated/α-hetero) is 1. The molecule has 31 heavy (non-hydrogen) atoms. The number of aliphatic carboxylic acids is 1. The van der Waals surface area contributed by atoms with E-state index in [1.807, 2.05) is 25.1 Å². The fourth-order valence-corrected chi connectivity index (χ4v) is 3.71. The number of carbonyl (C=O) groups is 3. The van der Waals surface area contributed by atoms with Crippen molar-refractivity contribution in [2.75, 3.05) is 13.7 Å². The molecule has 0 saturated heterocycles. The van der Waals surface area contributed by atoms with Gasteiger partial charge in [0.1, 0.15) is 11.3 Å². The molecular weight excluding hydrogens is 398 g/mol. The predicted molar refractivity (Wildman–Crippen MR) is 115 cm³/mol. The van der Waals surface area contributed by atoms with Gasteiger partial charge in [-0.1, -0.05) is 29.8 Å². The van der Waals surface area contributed by atoms with Crippen molar-refractivity contribution in [1.29, 1.82) is 0 Å². The standard InChI is InChI=1S/C24H27NO6/c1-16-4-3-5-17(14-16)10-13-31-21-15-18(6-7-20(21)30-2)22(27)25-24(23(28)29)11-8-19(26)9-12-24/h3-7,14-15H,8-13H2,1-2H3,(H,25,27)(H,28,29). The normalized spacial score (nSPS) is 15.2. The lowest BCUT2D eigenvalue weighted by atomic mass is 9.81. The van der Waals surface area contributed by atoms with E-state index in [0.717, 1.165) is 5.56 Å². The van der Waals surface area contributed by atoms with Gasteiger partial charge in [-0.05, 0) is 43.5 Å². The predicted octanol–water partition coefficient (Wildman–Crippen LogP) is 3.32. The smallest absolute Gasteiger partial charge is 0.329 e. The van der Waals surface area contributed by atoms with Gasteiger partial charge in [-0.2, -0.15) is 0 Å². The zero-order valence-corrected chi connectivity index (χ0v) is 17.8. The first-order chi connectivity index (χ1) is 14.8. The van der Waals surface area contributed by atoms with Crippen LogP contribution in [0.3, 0.4) is 0 Å². The number of nitrogens with one attached hydrogen (secondary N) is 1. The summed E-state index contributed by atoms with van der Waals surface area (Å²) >= 11 is 0. The van der Waals surface area contributed by atoms with E-state index in [0.29, 0.717) is 24.5 Å². The van der Waals surface area contributed by atoms with Crippen molar-refractivity contribution in [3.63, 3.8) is 0 Å². The van der Waals surface area contributed by atoms with Crippen molar-refractivity contribution in [2.45, 2.75) is 44.6 Å². The fourth-order valence-electron chi connectivity index (χ4n) is 3.71. The minimum Gasteiger partial charge on any atom is -0.493 e. The Morgan fingerprint density at radius 1 is 1.10 bits per heavy atom. The molecule has 0 spiro atoms. The van der Waals surface area contributed by atoms with E-state index in [-0.39, 0.29) is 37.0 Å². The van der Waals surface area contributed by atoms with Crippen LogP contribution in [0, 0.1) is 6.92 Å². The molecule has 7 heteroatoms. The molecule has 1 aliphatic carbocycles. The summed E-state index contributed by atoms with van der Waals surface area (Å²) in [6.07, 6.45) is 1.15. The highest BCUT2D eigenvalue weighted by molar-refractivity contribution is 5.99. The van der Waals surface area contributed by atoms with Gasteiger partial charge in [-0.15, -0.1) is 0 Å². The summed E-state index contributed by atoms with van der Waals surface area (Å²) in [7, 11) is 1.51. The molecule has 1 fully saturated rings. The fraction of sp³-hybridized carbons (Fsp3) is 0.375. The number of carboxylic acids is 1. The molecule has 3 rings (SSSR count). The van der Waals surface area contributed by atoms with Gasteiger partial charge in [0.15, 0.2) is 11.5 Å². The Labute approximate surface area is 181 Å². The molecule has 1 aliphatic rings. The summed E-state index contributed by atoms with van der Waals surface area (Å²) in [6, 6.07) is 12.9. The number of amides is 1. The topological polar surface area (TPSA) is 102 Å². The molecule has 7 nitrogen and oxygen atoms in total. The number of rotatable bonds is 8. The Hall–Kier alpha value is -3.35. The van der Waals surface area contributed by atoms with Crippen molar-refractivity contribution in [3.05, 3.63) is 59.2 Å². The van der Waals surface area contributed by atoms with Crippen LogP contribution in [-0.2, 0) is 16.0 Å². The van der Waals surface area contributed by atoms with Crippen molar-refractivity contribution < 1.29 is 29.0 Å². The molecule has 0 bridgehead atoms. The van der Waals surface area contributed by atoms with Crippen LogP contribution in [0.15, 0.2) is 42.5 Å². The van der Waals surface area contributed by atoms with Crippen LogP contribution in [0.2, 0.25) is 0 Å². The Morgan fingerprint density at radius 3 is 2.48 bits per heavy atom. The number of ether oxygens (including phenoxy) is 2. The second kappa shape index (κ2) is 9.64. The van der Waals surface area contributed by atoms with E-state index < -0.39 is 17.4 Å². The minimum absolute atomic E-state index is 0.0138. The van der Waals surface area contributed by atoms with Crippen molar-refractivity contribution in [3.8, 4) is 11.5 Å². The minimum atomic E-state index is -1.43. The second-order valence-electron chi connectivity index (χ2n) is 7.83. The summed E-state index contributed by atoms with van der Waals surface area (Å²) in [5.74, 6) is -0.748. The molecule has 2 aromatic rings. The molecule has 2 N–H and O–H groups in total. The Bertz CT molecular complexity index is 974. The summed E-state index contributed by atoms with van der Waals surface area (Å²) in [4.78, 5) is 36.2. The lowest BCUT2D eigenvalue weighted by Gasteiger charge is -2.33. The molecule has 0 heterocycles. The molecule has 0 unspecified atom stereocenters. The Kier molecular flexibility index (Phi) is 6.95. The number of benzene rings is 2. The van der Waals surface area contributed by atoms with Crippen LogP contribution in [0.5, 0.6) is 11.5 Å². The van der Waals surface area contributed by atoms with Crippen LogP contribution in [0.25, 0.3) is 0 Å². The van der Waals surface area contributed by atoms with Gasteiger partial charge in [0, 0.05) is 24.8 Å². The lowest BCUT2D eigenvalue weighted by Crippen LogP contribution is -2.56. The largest absolute Gasteiger partial charge is 0.493 e. The maximum Gasteiger partial charge on any atom is 0.329 e. The van der Waals surface area contributed by atoms with Gasteiger partial charge in [-0.3, -0.25) is 9.59 Å². The maximum atomic E-state index is 12.8. The first-order valence-corrected chi connectivity index (χ1v) is 10.3. The highest BCUT2D eigenvalue weighted by atomic mass is 16.5. The molecule has 0 aliphatic heterocycles. The van der Waals surface area contributed by atoms with E-state index in [2.05, 4.69) is 11.4 Å². The zero-order valence-electron chi connectivity index (χ0n) is 17.8. The number of carboxylic acid groups (broad SMARTS) is 1. The first-order valence-electron chi connectivity index (χ1n) is 10.3. The molecule has 0 radical (unpaired) electrons. The molecular formula is C24H27NO6. The molecule has 0 atom stereocenters. The van der Waals surface area contributed by atoms with Gasteiger partial charge in [0.2, 0.25) is 0 Å². The number of hydrogen-bond acceptors (Lipinski definition) is 5. The van der Waals surface area contributed by atoms with Crippen molar-refractivity contribution in [2.24, 2.45) is 0 Å². The van der Waals surface area contributed by atoms with Crippen LogP contribution in [-0.4, -0.2) is 42.0 Å². The number of aryl methyl sites for hydroxylation is 1. The van der Waals surface area contributed by atoms with Gasteiger partial charge in [-0.25, -0.2) is 4.79 Å². The number of methoxy groups -OCH3 is 1. The van der Waals surface area contributed by atoms with E-state index in [1.165, 1.54) is 12.7 Å². The SMILES string of the molecule is COc1ccc(C(=O)NC2(C(=O)O)CCC(=O)CC2)cc1OCCc1cccc(C)c1. The maximum absolute atomic E-state index is 12.8. The molecule has 164 valence electrons. The monoisotopic (exact) mass is 425 g/mol. The summed E-state index contributed by atoms with van der Waals surface area (Å²) in [6.45, 7) is 2.42. The molecule has 1 saturated carbocycles. The highest BCUT2D eigenvalue weighted by Crippen LogP contribution is 2.30. The second-order valence-corrected chi connectivity index (χ2v) is 7.83. The molecule has 0 aromatic heterocycles. The van der Waals surface area contributed by atoms with E-state index in [4.69, 9.17) is 9.47 Å². The number of ketones is 1. The third-order valence-electron chi connectivity index (χ3n) is 5.58. The third kappa shape index (κ3) is 5.42. The average Bonchev–Trinajstić information content (AvgIpc) is 2.75. The number of carbonyl (C=O) groups excluding carboxylic acids is 2. The zero-order chi connectivity index (χ0) is 22.4.